The van der Waals surface area contributed by atoms with Crippen LogP contribution in [0.25, 0.3) is 0 Å². The van der Waals surface area contributed by atoms with Crippen LogP contribution in [0.2, 0.25) is 0 Å². The topological polar surface area (TPSA) is 66.8 Å². The summed E-state index contributed by atoms with van der Waals surface area (Å²) in [6, 6.07) is 6.63. The molecule has 0 bridgehead atoms. The third-order valence-corrected chi connectivity index (χ3v) is 2.95. The minimum atomic E-state index is -1.05. The lowest BCUT2D eigenvalue weighted by atomic mass is 10.0. The number of benzene rings is 1. The summed E-state index contributed by atoms with van der Waals surface area (Å²) in [4.78, 5) is 24.6. The summed E-state index contributed by atoms with van der Waals surface area (Å²) in [5, 5.41) is 9.37. The van der Waals surface area contributed by atoms with E-state index in [9.17, 15) is 14.7 Å². The van der Waals surface area contributed by atoms with Gasteiger partial charge in [0.05, 0.1) is 0 Å². The van der Waals surface area contributed by atoms with E-state index in [1.54, 1.807) is 20.8 Å². The van der Waals surface area contributed by atoms with Gasteiger partial charge in [-0.25, -0.2) is 9.59 Å². The van der Waals surface area contributed by atoms with Crippen LogP contribution in [0.5, 0.6) is 0 Å². The molecule has 0 spiro atoms. The number of carboxylic acids is 1. The van der Waals surface area contributed by atoms with Crippen LogP contribution in [-0.2, 0) is 16.0 Å². The Bertz CT molecular complexity index is 519. The van der Waals surface area contributed by atoms with Crippen molar-refractivity contribution in [1.29, 1.82) is 0 Å². The van der Waals surface area contributed by atoms with Gasteiger partial charge in [-0.2, -0.15) is 0 Å². The first-order valence-corrected chi connectivity index (χ1v) is 6.84. The highest BCUT2D eigenvalue weighted by Crippen LogP contribution is 2.14. The molecule has 21 heavy (non-hydrogen) atoms. The molecule has 5 heteroatoms. The van der Waals surface area contributed by atoms with Gasteiger partial charge in [0.15, 0.2) is 0 Å². The predicted octanol–water partition coefficient (Wildman–Crippen LogP) is 2.86. The zero-order chi connectivity index (χ0) is 16.2. The highest BCUT2D eigenvalue weighted by molar-refractivity contribution is 5.80. The van der Waals surface area contributed by atoms with Crippen molar-refractivity contribution in [3.63, 3.8) is 0 Å². The molecule has 0 saturated heterocycles. The standard InChI is InChI=1S/C16H23NO4/c1-11-7-6-8-12(9-11)10-13(14(18)19)17(5)15(20)21-16(2,3)4/h6-9,13H,10H2,1-5H3,(H,18,19)/t13-/m0/s1. The number of hydrogen-bond acceptors (Lipinski definition) is 3. The number of nitrogens with zero attached hydrogens (tertiary/aromatic N) is 1. The Morgan fingerprint density at radius 2 is 1.95 bits per heavy atom. The van der Waals surface area contributed by atoms with Crippen LogP contribution >= 0.6 is 0 Å². The van der Waals surface area contributed by atoms with Crippen molar-refractivity contribution in [2.45, 2.75) is 45.8 Å². The monoisotopic (exact) mass is 293 g/mol. The van der Waals surface area contributed by atoms with E-state index >= 15 is 0 Å². The van der Waals surface area contributed by atoms with Gasteiger partial charge in [-0.3, -0.25) is 4.90 Å². The molecule has 0 unspecified atom stereocenters. The number of hydrogen-bond donors (Lipinski definition) is 1. The molecule has 1 rings (SSSR count). The van der Waals surface area contributed by atoms with Gasteiger partial charge in [0, 0.05) is 13.5 Å². The Morgan fingerprint density at radius 1 is 1.33 bits per heavy atom. The second-order valence-corrected chi connectivity index (χ2v) is 6.14. The summed E-state index contributed by atoms with van der Waals surface area (Å²) in [5.74, 6) is -1.05. The molecule has 0 saturated carbocycles. The van der Waals surface area contributed by atoms with E-state index in [-0.39, 0.29) is 6.42 Å². The first-order chi connectivity index (χ1) is 9.60. The average molecular weight is 293 g/mol. The molecule has 0 radical (unpaired) electrons. The van der Waals surface area contributed by atoms with E-state index in [0.29, 0.717) is 0 Å². The van der Waals surface area contributed by atoms with E-state index in [4.69, 9.17) is 4.74 Å². The lowest BCUT2D eigenvalue weighted by molar-refractivity contribution is -0.142. The van der Waals surface area contributed by atoms with Crippen molar-refractivity contribution in [1.82, 2.24) is 4.90 Å². The molecule has 0 heterocycles. The lowest BCUT2D eigenvalue weighted by Gasteiger charge is -2.28. The number of likely N-dealkylation sites (N-methyl/N-ethyl adjacent to an activating group) is 1. The van der Waals surface area contributed by atoms with E-state index < -0.39 is 23.7 Å². The number of ether oxygens (including phenoxy) is 1. The summed E-state index contributed by atoms with van der Waals surface area (Å²) < 4.78 is 5.22. The number of aryl methyl sites for hydroxylation is 1. The maximum atomic E-state index is 12.0. The minimum absolute atomic E-state index is 0.243. The van der Waals surface area contributed by atoms with Crippen molar-refractivity contribution in [3.8, 4) is 0 Å². The van der Waals surface area contributed by atoms with Crippen molar-refractivity contribution in [2.75, 3.05) is 7.05 Å². The van der Waals surface area contributed by atoms with E-state index in [0.717, 1.165) is 16.0 Å². The van der Waals surface area contributed by atoms with Crippen molar-refractivity contribution in [3.05, 3.63) is 35.4 Å². The molecular formula is C16H23NO4. The van der Waals surface area contributed by atoms with Crippen LogP contribution in [0, 0.1) is 6.92 Å². The number of aliphatic carboxylic acids is 1. The number of carbonyl (C=O) groups is 2. The highest BCUT2D eigenvalue weighted by atomic mass is 16.6. The van der Waals surface area contributed by atoms with E-state index in [2.05, 4.69) is 0 Å². The summed E-state index contributed by atoms with van der Waals surface area (Å²) in [5.41, 5.74) is 1.27. The van der Waals surface area contributed by atoms with Gasteiger partial charge < -0.3 is 9.84 Å². The third-order valence-electron chi connectivity index (χ3n) is 2.95. The number of rotatable bonds is 4. The molecule has 1 N–H and O–H groups in total. The Morgan fingerprint density at radius 3 is 2.43 bits per heavy atom. The average Bonchev–Trinajstić information content (AvgIpc) is 2.32. The van der Waals surface area contributed by atoms with Crippen LogP contribution in [0.15, 0.2) is 24.3 Å². The van der Waals surface area contributed by atoms with Crippen LogP contribution in [0.1, 0.15) is 31.9 Å². The Hall–Kier alpha value is -2.04. The molecule has 1 aromatic rings. The van der Waals surface area contributed by atoms with Crippen molar-refractivity contribution >= 4 is 12.1 Å². The minimum Gasteiger partial charge on any atom is -0.480 e. The molecule has 5 nitrogen and oxygen atoms in total. The normalized spacial score (nSPS) is 12.6. The fraction of sp³-hybridized carbons (Fsp3) is 0.500. The zero-order valence-corrected chi connectivity index (χ0v) is 13.2. The van der Waals surface area contributed by atoms with Gasteiger partial charge in [-0.1, -0.05) is 29.8 Å². The quantitative estimate of drug-likeness (QED) is 0.927. The second kappa shape index (κ2) is 6.61. The van der Waals surface area contributed by atoms with E-state index in [1.165, 1.54) is 7.05 Å². The molecule has 0 aliphatic rings. The van der Waals surface area contributed by atoms with Gasteiger partial charge in [-0.15, -0.1) is 0 Å². The molecule has 1 atom stereocenters. The van der Waals surface area contributed by atoms with Gasteiger partial charge in [0.25, 0.3) is 0 Å². The number of carboxylic acid groups (broad SMARTS) is 1. The first-order valence-electron chi connectivity index (χ1n) is 6.84. The summed E-state index contributed by atoms with van der Waals surface area (Å²) >= 11 is 0. The fourth-order valence-corrected chi connectivity index (χ4v) is 1.91. The summed E-state index contributed by atoms with van der Waals surface area (Å²) in [6.07, 6.45) is -0.394. The Labute approximate surface area is 125 Å². The summed E-state index contributed by atoms with van der Waals surface area (Å²) in [7, 11) is 1.45. The van der Waals surface area contributed by atoms with Gasteiger partial charge in [0.2, 0.25) is 0 Å². The Kier molecular flexibility index (Phi) is 5.35. The molecular weight excluding hydrogens is 270 g/mol. The van der Waals surface area contributed by atoms with Crippen molar-refractivity contribution in [2.24, 2.45) is 0 Å². The molecule has 1 amide bonds. The van der Waals surface area contributed by atoms with Crippen molar-refractivity contribution < 1.29 is 19.4 Å². The van der Waals surface area contributed by atoms with Crippen LogP contribution in [-0.4, -0.2) is 40.8 Å². The molecule has 0 aliphatic carbocycles. The van der Waals surface area contributed by atoms with Crippen LogP contribution < -0.4 is 0 Å². The molecule has 0 aliphatic heterocycles. The fourth-order valence-electron chi connectivity index (χ4n) is 1.91. The largest absolute Gasteiger partial charge is 0.480 e. The molecule has 0 aromatic heterocycles. The van der Waals surface area contributed by atoms with Gasteiger partial charge >= 0.3 is 12.1 Å². The summed E-state index contributed by atoms with van der Waals surface area (Å²) in [6.45, 7) is 7.18. The number of amides is 1. The SMILES string of the molecule is Cc1cccc(C[C@@H](C(=O)O)N(C)C(=O)OC(C)(C)C)c1. The zero-order valence-electron chi connectivity index (χ0n) is 13.2. The van der Waals surface area contributed by atoms with E-state index in [1.807, 2.05) is 31.2 Å². The maximum Gasteiger partial charge on any atom is 0.410 e. The molecule has 1 aromatic carbocycles. The van der Waals surface area contributed by atoms with Gasteiger partial charge in [-0.05, 0) is 33.3 Å². The predicted molar refractivity (Wildman–Crippen MR) is 80.3 cm³/mol. The van der Waals surface area contributed by atoms with Crippen LogP contribution in [0.3, 0.4) is 0 Å². The molecule has 116 valence electrons. The Balaban J connectivity index is 2.86. The second-order valence-electron chi connectivity index (χ2n) is 6.14. The highest BCUT2D eigenvalue weighted by Gasteiger charge is 2.30. The third kappa shape index (κ3) is 5.45. The maximum absolute atomic E-state index is 12.0. The first kappa shape index (κ1) is 17.0. The smallest absolute Gasteiger partial charge is 0.410 e. The lowest BCUT2D eigenvalue weighted by Crippen LogP contribution is -2.46. The van der Waals surface area contributed by atoms with Crippen LogP contribution in [0.4, 0.5) is 4.79 Å². The number of carbonyl (C=O) groups excluding carboxylic acids is 1. The van der Waals surface area contributed by atoms with Gasteiger partial charge in [0.1, 0.15) is 11.6 Å². The molecule has 0 fully saturated rings.